The monoisotopic (exact) mass is 360 g/mol. The summed E-state index contributed by atoms with van der Waals surface area (Å²) in [6.45, 7) is 0.0103. The van der Waals surface area contributed by atoms with Crippen LogP contribution in [0.3, 0.4) is 0 Å². The lowest BCUT2D eigenvalue weighted by molar-refractivity contribution is -0.227. The van der Waals surface area contributed by atoms with Crippen LogP contribution >= 0.6 is 0 Å². The normalized spacial score (nSPS) is 30.7. The molecule has 0 aromatic heterocycles. The summed E-state index contributed by atoms with van der Waals surface area (Å²) in [5.41, 5.74) is 0. The van der Waals surface area contributed by atoms with Gasteiger partial charge in [-0.15, -0.1) is 0 Å². The predicted molar refractivity (Wildman–Crippen MR) is 72.4 cm³/mol. The number of hydrogen-bond acceptors (Lipinski definition) is 2. The number of nitrogens with zero attached hydrogens (tertiary/aromatic N) is 2. The molecule has 3 rings (SSSR count). The predicted octanol–water partition coefficient (Wildman–Crippen LogP) is 4.59. The van der Waals surface area contributed by atoms with Gasteiger partial charge in [-0.25, -0.2) is 17.6 Å². The van der Waals surface area contributed by atoms with E-state index in [1.165, 1.54) is 12.4 Å². The van der Waals surface area contributed by atoms with Gasteiger partial charge in [0.15, 0.2) is 6.17 Å². The van der Waals surface area contributed by atoms with E-state index in [1.54, 1.807) is 0 Å². The molecule has 0 N–H and O–H groups in total. The van der Waals surface area contributed by atoms with Gasteiger partial charge in [-0.1, -0.05) is 0 Å². The molecule has 24 heavy (non-hydrogen) atoms. The van der Waals surface area contributed by atoms with Gasteiger partial charge in [0.25, 0.3) is 5.92 Å². The topological polar surface area (TPSA) is 6.48 Å². The van der Waals surface area contributed by atoms with Crippen molar-refractivity contribution in [3.05, 3.63) is 12.4 Å². The van der Waals surface area contributed by atoms with Crippen molar-refractivity contribution in [3.63, 3.8) is 0 Å². The summed E-state index contributed by atoms with van der Waals surface area (Å²) in [6.07, 6.45) is -5.60. The van der Waals surface area contributed by atoms with E-state index >= 15 is 0 Å². The Morgan fingerprint density at radius 3 is 2.00 bits per heavy atom. The third-order valence-corrected chi connectivity index (χ3v) is 5.12. The first-order valence-corrected chi connectivity index (χ1v) is 8.01. The van der Waals surface area contributed by atoms with Crippen LogP contribution in [0.15, 0.2) is 12.4 Å². The zero-order valence-corrected chi connectivity index (χ0v) is 12.9. The Kier molecular flexibility index (Phi) is 4.19. The Morgan fingerprint density at radius 1 is 0.917 bits per heavy atom. The standard InChI is InChI=1S/C15H19F7N2/c16-13(17)3-1-10(2-4-13)9-23-5-6-24(12(23)15(20,21)22)11-7-14(18,19)8-11/h5-6,10-12H,1-4,7-9H2. The summed E-state index contributed by atoms with van der Waals surface area (Å²) in [5.74, 6) is -5.89. The van der Waals surface area contributed by atoms with Gasteiger partial charge in [0.2, 0.25) is 5.92 Å². The lowest BCUT2D eigenvalue weighted by Gasteiger charge is -2.46. The van der Waals surface area contributed by atoms with E-state index in [1.807, 2.05) is 0 Å². The van der Waals surface area contributed by atoms with Crippen LogP contribution < -0.4 is 0 Å². The van der Waals surface area contributed by atoms with Gasteiger partial charge < -0.3 is 9.80 Å². The summed E-state index contributed by atoms with van der Waals surface area (Å²) in [6, 6.07) is -0.844. The molecule has 2 saturated carbocycles. The Morgan fingerprint density at radius 2 is 1.50 bits per heavy atom. The first-order chi connectivity index (χ1) is 11.0. The second-order valence-corrected chi connectivity index (χ2v) is 7.07. The maximum absolute atomic E-state index is 13.4. The van der Waals surface area contributed by atoms with Crippen molar-refractivity contribution in [2.75, 3.05) is 6.54 Å². The molecule has 2 nitrogen and oxygen atoms in total. The number of hydrogen-bond donors (Lipinski definition) is 0. The Hall–Kier alpha value is -1.15. The van der Waals surface area contributed by atoms with Crippen molar-refractivity contribution in [3.8, 4) is 0 Å². The zero-order chi connectivity index (χ0) is 17.8. The van der Waals surface area contributed by atoms with Crippen molar-refractivity contribution in [1.29, 1.82) is 0 Å². The molecule has 2 aliphatic carbocycles. The highest BCUT2D eigenvalue weighted by Crippen LogP contribution is 2.45. The van der Waals surface area contributed by atoms with Gasteiger partial charge in [0, 0.05) is 50.7 Å². The largest absolute Gasteiger partial charge is 0.427 e. The summed E-state index contributed by atoms with van der Waals surface area (Å²) < 4.78 is 92.6. The van der Waals surface area contributed by atoms with E-state index in [0.717, 1.165) is 9.80 Å². The highest BCUT2D eigenvalue weighted by atomic mass is 19.4. The van der Waals surface area contributed by atoms with Gasteiger partial charge in [0.1, 0.15) is 0 Å². The smallest absolute Gasteiger partial charge is 0.348 e. The number of halogens is 7. The molecule has 138 valence electrons. The molecule has 3 aliphatic rings. The summed E-state index contributed by atoms with van der Waals surface area (Å²) in [5, 5.41) is 0. The van der Waals surface area contributed by atoms with E-state index in [0.29, 0.717) is 0 Å². The van der Waals surface area contributed by atoms with Crippen LogP contribution in [0.1, 0.15) is 38.5 Å². The zero-order valence-electron chi connectivity index (χ0n) is 12.9. The van der Waals surface area contributed by atoms with Gasteiger partial charge in [-0.3, -0.25) is 0 Å². The van der Waals surface area contributed by atoms with Crippen LogP contribution in [-0.4, -0.2) is 46.6 Å². The molecule has 0 spiro atoms. The minimum absolute atomic E-state index is 0.0103. The minimum atomic E-state index is -4.60. The van der Waals surface area contributed by atoms with E-state index in [9.17, 15) is 30.7 Å². The Labute approximate surface area is 135 Å². The molecule has 2 fully saturated rings. The maximum Gasteiger partial charge on any atom is 0.427 e. The second kappa shape index (κ2) is 5.69. The van der Waals surface area contributed by atoms with Crippen molar-refractivity contribution in [2.24, 2.45) is 5.92 Å². The molecule has 0 amide bonds. The van der Waals surface area contributed by atoms with Crippen LogP contribution in [0.25, 0.3) is 0 Å². The summed E-state index contributed by atoms with van der Waals surface area (Å²) in [4.78, 5) is 2.00. The molecular weight excluding hydrogens is 341 g/mol. The van der Waals surface area contributed by atoms with Gasteiger partial charge in [-0.05, 0) is 18.8 Å². The lowest BCUT2D eigenvalue weighted by Crippen LogP contribution is -2.58. The molecule has 1 aliphatic heterocycles. The highest BCUT2D eigenvalue weighted by Gasteiger charge is 2.56. The minimum Gasteiger partial charge on any atom is -0.348 e. The van der Waals surface area contributed by atoms with Crippen LogP contribution in [0.5, 0.6) is 0 Å². The molecule has 0 saturated heterocycles. The number of rotatable bonds is 3. The molecule has 1 atom stereocenters. The van der Waals surface area contributed by atoms with Crippen molar-refractivity contribution in [2.45, 2.75) is 68.8 Å². The molecule has 0 aromatic carbocycles. The van der Waals surface area contributed by atoms with Crippen molar-refractivity contribution in [1.82, 2.24) is 9.80 Å². The average Bonchev–Trinajstić information content (AvgIpc) is 2.81. The van der Waals surface area contributed by atoms with Crippen LogP contribution in [0, 0.1) is 5.92 Å². The lowest BCUT2D eigenvalue weighted by atomic mass is 9.86. The average molecular weight is 360 g/mol. The quantitative estimate of drug-likeness (QED) is 0.680. The van der Waals surface area contributed by atoms with Crippen LogP contribution in [-0.2, 0) is 0 Å². The van der Waals surface area contributed by atoms with Gasteiger partial charge in [-0.2, -0.15) is 13.2 Å². The molecule has 0 radical (unpaired) electrons. The SMILES string of the molecule is FC1(F)CCC(CN2C=CN(C3CC(F)(F)C3)C2C(F)(F)F)CC1. The first kappa shape index (κ1) is 17.7. The van der Waals surface area contributed by atoms with E-state index in [4.69, 9.17) is 0 Å². The van der Waals surface area contributed by atoms with Crippen LogP contribution in [0.4, 0.5) is 30.7 Å². The molecular formula is C15H19F7N2. The summed E-state index contributed by atoms with van der Waals surface area (Å²) >= 11 is 0. The van der Waals surface area contributed by atoms with E-state index in [2.05, 4.69) is 0 Å². The Balaban J connectivity index is 1.64. The third-order valence-electron chi connectivity index (χ3n) is 5.12. The first-order valence-electron chi connectivity index (χ1n) is 8.01. The Bertz CT molecular complexity index is 485. The van der Waals surface area contributed by atoms with Crippen LogP contribution in [0.2, 0.25) is 0 Å². The molecule has 9 heteroatoms. The van der Waals surface area contributed by atoms with Crippen molar-refractivity contribution < 1.29 is 30.7 Å². The molecule has 1 unspecified atom stereocenters. The molecule has 0 bridgehead atoms. The van der Waals surface area contributed by atoms with E-state index < -0.39 is 43.1 Å². The maximum atomic E-state index is 13.4. The fourth-order valence-electron chi connectivity index (χ4n) is 3.76. The van der Waals surface area contributed by atoms with Gasteiger partial charge in [0.05, 0.1) is 0 Å². The van der Waals surface area contributed by atoms with Gasteiger partial charge >= 0.3 is 6.18 Å². The third kappa shape index (κ3) is 3.59. The van der Waals surface area contributed by atoms with E-state index in [-0.39, 0.29) is 38.1 Å². The molecule has 1 heterocycles. The second-order valence-electron chi connectivity index (χ2n) is 7.07. The highest BCUT2D eigenvalue weighted by molar-refractivity contribution is 5.07. The molecule has 0 aromatic rings. The van der Waals surface area contributed by atoms with Crippen molar-refractivity contribution >= 4 is 0 Å². The number of alkyl halides is 7. The summed E-state index contributed by atoms with van der Waals surface area (Å²) in [7, 11) is 0. The fourth-order valence-corrected chi connectivity index (χ4v) is 3.76. The fraction of sp³-hybridized carbons (Fsp3) is 0.867.